The summed E-state index contributed by atoms with van der Waals surface area (Å²) in [7, 11) is 0. The van der Waals surface area contributed by atoms with Gasteiger partial charge in [-0.05, 0) is 68.3 Å². The lowest BCUT2D eigenvalue weighted by molar-refractivity contribution is -0.122. The second-order valence-corrected chi connectivity index (χ2v) is 7.28. The van der Waals surface area contributed by atoms with E-state index in [1.54, 1.807) is 13.1 Å². The predicted octanol–water partition coefficient (Wildman–Crippen LogP) is 5.32. The molecule has 1 amide bonds. The van der Waals surface area contributed by atoms with Gasteiger partial charge in [0.2, 0.25) is 0 Å². The summed E-state index contributed by atoms with van der Waals surface area (Å²) in [5, 5.41) is 2.97. The standard InChI is InChI=1S/C25H23N3O2/c1-16-7-6-8-17(2)24(16)28-25(29)18(3)30-20-13-11-19(12-14-20)23-15-26-21-9-4-5-10-22(21)27-23/h4-15,18H,1-3H3,(H,28,29). The van der Waals surface area contributed by atoms with Crippen LogP contribution in [0.5, 0.6) is 5.75 Å². The Bertz CT molecular complexity index is 1180. The molecule has 3 aromatic carbocycles. The van der Waals surface area contributed by atoms with E-state index >= 15 is 0 Å². The molecule has 0 spiro atoms. The Balaban J connectivity index is 1.45. The van der Waals surface area contributed by atoms with Crippen LogP contribution in [-0.2, 0) is 4.79 Å². The van der Waals surface area contributed by atoms with E-state index in [4.69, 9.17) is 4.74 Å². The van der Waals surface area contributed by atoms with Crippen molar-refractivity contribution in [3.05, 3.63) is 84.1 Å². The number of benzene rings is 3. The molecule has 0 bridgehead atoms. The molecule has 1 unspecified atom stereocenters. The van der Waals surface area contributed by atoms with E-state index in [-0.39, 0.29) is 5.91 Å². The van der Waals surface area contributed by atoms with Gasteiger partial charge in [-0.15, -0.1) is 0 Å². The Hall–Kier alpha value is -3.73. The minimum atomic E-state index is -0.629. The Morgan fingerprint density at radius 3 is 2.27 bits per heavy atom. The van der Waals surface area contributed by atoms with Crippen molar-refractivity contribution in [1.29, 1.82) is 0 Å². The summed E-state index contributed by atoms with van der Waals surface area (Å²) in [6, 6.07) is 21.2. The number of rotatable bonds is 5. The fourth-order valence-corrected chi connectivity index (χ4v) is 3.29. The van der Waals surface area contributed by atoms with Crippen molar-refractivity contribution < 1.29 is 9.53 Å². The lowest BCUT2D eigenvalue weighted by atomic mass is 10.1. The number of para-hydroxylation sites is 3. The maximum Gasteiger partial charge on any atom is 0.265 e. The van der Waals surface area contributed by atoms with Gasteiger partial charge in [-0.1, -0.05) is 30.3 Å². The van der Waals surface area contributed by atoms with Crippen molar-refractivity contribution in [2.45, 2.75) is 26.9 Å². The van der Waals surface area contributed by atoms with Gasteiger partial charge in [0, 0.05) is 11.3 Å². The van der Waals surface area contributed by atoms with Gasteiger partial charge in [-0.3, -0.25) is 9.78 Å². The first kappa shape index (κ1) is 19.6. The molecule has 1 aromatic heterocycles. The smallest absolute Gasteiger partial charge is 0.265 e. The highest BCUT2D eigenvalue weighted by atomic mass is 16.5. The van der Waals surface area contributed by atoms with Gasteiger partial charge in [-0.25, -0.2) is 4.98 Å². The van der Waals surface area contributed by atoms with Crippen molar-refractivity contribution in [2.24, 2.45) is 0 Å². The van der Waals surface area contributed by atoms with Crippen LogP contribution in [0.25, 0.3) is 22.3 Å². The van der Waals surface area contributed by atoms with E-state index < -0.39 is 6.10 Å². The summed E-state index contributed by atoms with van der Waals surface area (Å²) in [4.78, 5) is 21.7. The van der Waals surface area contributed by atoms with Crippen LogP contribution in [0, 0.1) is 13.8 Å². The number of amides is 1. The molecule has 0 saturated carbocycles. The molecule has 0 fully saturated rings. The SMILES string of the molecule is Cc1cccc(C)c1NC(=O)C(C)Oc1ccc(-c2cnc3ccccc3n2)cc1. The monoisotopic (exact) mass is 397 g/mol. The first-order valence-electron chi connectivity index (χ1n) is 9.87. The molecular formula is C25H23N3O2. The number of nitrogens with one attached hydrogen (secondary N) is 1. The number of nitrogens with zero attached hydrogens (tertiary/aromatic N) is 2. The second-order valence-electron chi connectivity index (χ2n) is 7.28. The van der Waals surface area contributed by atoms with Crippen molar-refractivity contribution in [2.75, 3.05) is 5.32 Å². The van der Waals surface area contributed by atoms with Crippen LogP contribution >= 0.6 is 0 Å². The lowest BCUT2D eigenvalue weighted by Crippen LogP contribution is -2.30. The van der Waals surface area contributed by atoms with Crippen LogP contribution in [0.4, 0.5) is 5.69 Å². The molecule has 5 nitrogen and oxygen atoms in total. The third-order valence-electron chi connectivity index (χ3n) is 5.01. The molecule has 0 aliphatic rings. The van der Waals surface area contributed by atoms with E-state index in [9.17, 15) is 4.79 Å². The number of hydrogen-bond acceptors (Lipinski definition) is 4. The Labute approximate surface area is 175 Å². The Kier molecular flexibility index (Phi) is 5.44. The van der Waals surface area contributed by atoms with E-state index in [1.807, 2.05) is 80.6 Å². The number of carbonyl (C=O) groups excluding carboxylic acids is 1. The van der Waals surface area contributed by atoms with Crippen molar-refractivity contribution >= 4 is 22.6 Å². The molecule has 0 aliphatic carbocycles. The Morgan fingerprint density at radius 2 is 1.57 bits per heavy atom. The summed E-state index contributed by atoms with van der Waals surface area (Å²) in [6.07, 6.45) is 1.13. The average Bonchev–Trinajstić information content (AvgIpc) is 2.76. The van der Waals surface area contributed by atoms with Gasteiger partial charge < -0.3 is 10.1 Å². The van der Waals surface area contributed by atoms with E-state index in [0.29, 0.717) is 5.75 Å². The maximum atomic E-state index is 12.6. The van der Waals surface area contributed by atoms with Gasteiger partial charge in [-0.2, -0.15) is 0 Å². The van der Waals surface area contributed by atoms with Crippen molar-refractivity contribution in [1.82, 2.24) is 9.97 Å². The number of anilines is 1. The largest absolute Gasteiger partial charge is 0.481 e. The summed E-state index contributed by atoms with van der Waals surface area (Å²) in [5.74, 6) is 0.438. The highest BCUT2D eigenvalue weighted by molar-refractivity contribution is 5.95. The van der Waals surface area contributed by atoms with E-state index in [1.165, 1.54) is 0 Å². The van der Waals surface area contributed by atoms with E-state index in [0.717, 1.165) is 39.1 Å². The first-order valence-corrected chi connectivity index (χ1v) is 9.87. The van der Waals surface area contributed by atoms with Crippen LogP contribution in [0.1, 0.15) is 18.1 Å². The molecule has 1 heterocycles. The maximum absolute atomic E-state index is 12.6. The molecule has 0 aliphatic heterocycles. The van der Waals surface area contributed by atoms with Gasteiger partial charge >= 0.3 is 0 Å². The molecule has 4 aromatic rings. The summed E-state index contributed by atoms with van der Waals surface area (Å²) in [6.45, 7) is 5.69. The topological polar surface area (TPSA) is 64.1 Å². The summed E-state index contributed by atoms with van der Waals surface area (Å²) < 4.78 is 5.84. The van der Waals surface area contributed by atoms with E-state index in [2.05, 4.69) is 15.3 Å². The third kappa shape index (κ3) is 4.15. The van der Waals surface area contributed by atoms with Gasteiger partial charge in [0.25, 0.3) is 5.91 Å². The van der Waals surface area contributed by atoms with Crippen LogP contribution < -0.4 is 10.1 Å². The van der Waals surface area contributed by atoms with Gasteiger partial charge in [0.05, 0.1) is 22.9 Å². The van der Waals surface area contributed by atoms with Gasteiger partial charge in [0.15, 0.2) is 6.10 Å². The fraction of sp³-hybridized carbons (Fsp3) is 0.160. The summed E-state index contributed by atoms with van der Waals surface area (Å²) >= 11 is 0. The number of aromatic nitrogens is 2. The Morgan fingerprint density at radius 1 is 0.900 bits per heavy atom. The highest BCUT2D eigenvalue weighted by Gasteiger charge is 2.17. The van der Waals surface area contributed by atoms with Crippen LogP contribution in [0.15, 0.2) is 72.9 Å². The number of carbonyl (C=O) groups is 1. The molecule has 30 heavy (non-hydrogen) atoms. The van der Waals surface area contributed by atoms with Crippen LogP contribution in [0.2, 0.25) is 0 Å². The average molecular weight is 397 g/mol. The molecule has 0 radical (unpaired) electrons. The molecule has 1 N–H and O–H groups in total. The number of ether oxygens (including phenoxy) is 1. The normalized spacial score (nSPS) is 11.8. The molecule has 0 saturated heterocycles. The molecular weight excluding hydrogens is 374 g/mol. The minimum absolute atomic E-state index is 0.183. The fourth-order valence-electron chi connectivity index (χ4n) is 3.29. The zero-order chi connectivity index (χ0) is 21.1. The van der Waals surface area contributed by atoms with Gasteiger partial charge in [0.1, 0.15) is 5.75 Å². The zero-order valence-electron chi connectivity index (χ0n) is 17.2. The molecule has 1 atom stereocenters. The second kappa shape index (κ2) is 8.33. The van der Waals surface area contributed by atoms with Crippen LogP contribution in [0.3, 0.4) is 0 Å². The molecule has 150 valence electrons. The highest BCUT2D eigenvalue weighted by Crippen LogP contribution is 2.24. The number of aryl methyl sites for hydroxylation is 2. The zero-order valence-corrected chi connectivity index (χ0v) is 17.2. The van der Waals surface area contributed by atoms with Crippen LogP contribution in [-0.4, -0.2) is 22.0 Å². The van der Waals surface area contributed by atoms with Crippen molar-refractivity contribution in [3.63, 3.8) is 0 Å². The third-order valence-corrected chi connectivity index (χ3v) is 5.01. The first-order chi connectivity index (χ1) is 14.5. The minimum Gasteiger partial charge on any atom is -0.481 e. The quantitative estimate of drug-likeness (QED) is 0.495. The number of fused-ring (bicyclic) bond motifs is 1. The summed E-state index contributed by atoms with van der Waals surface area (Å²) in [5.41, 5.74) is 6.34. The van der Waals surface area contributed by atoms with Crippen molar-refractivity contribution in [3.8, 4) is 17.0 Å². The molecule has 4 rings (SSSR count). The lowest BCUT2D eigenvalue weighted by Gasteiger charge is -2.17. The molecule has 5 heteroatoms. The number of hydrogen-bond donors (Lipinski definition) is 1. The predicted molar refractivity (Wildman–Crippen MR) is 120 cm³/mol.